The van der Waals surface area contributed by atoms with Gasteiger partial charge < -0.3 is 9.42 Å². The monoisotopic (exact) mass is 251 g/mol. The van der Waals surface area contributed by atoms with Gasteiger partial charge in [-0.2, -0.15) is 4.98 Å². The Labute approximate surface area is 108 Å². The molecule has 0 spiro atoms. The lowest BCUT2D eigenvalue weighted by Gasteiger charge is -2.19. The molecule has 100 valence electrons. The van der Waals surface area contributed by atoms with Crippen molar-refractivity contribution in [2.75, 3.05) is 13.1 Å². The predicted molar refractivity (Wildman–Crippen MR) is 67.2 cm³/mol. The van der Waals surface area contributed by atoms with Gasteiger partial charge in [-0.25, -0.2) is 0 Å². The average Bonchev–Trinajstić information content (AvgIpc) is 2.88. The lowest BCUT2D eigenvalue weighted by Crippen LogP contribution is -2.28. The number of likely N-dealkylation sites (tertiary alicyclic amines) is 1. The van der Waals surface area contributed by atoms with E-state index < -0.39 is 0 Å². The minimum absolute atomic E-state index is 0.0641. The van der Waals surface area contributed by atoms with Crippen LogP contribution in [0.5, 0.6) is 0 Å². The lowest BCUT2D eigenvalue weighted by atomic mass is 10.1. The van der Waals surface area contributed by atoms with Crippen molar-refractivity contribution >= 4 is 5.78 Å². The fourth-order valence-electron chi connectivity index (χ4n) is 2.41. The van der Waals surface area contributed by atoms with Gasteiger partial charge in [0.05, 0.1) is 6.42 Å². The average molecular weight is 251 g/mol. The molecule has 1 unspecified atom stereocenters. The van der Waals surface area contributed by atoms with Crippen LogP contribution in [0.15, 0.2) is 4.52 Å². The van der Waals surface area contributed by atoms with Crippen LogP contribution < -0.4 is 0 Å². The van der Waals surface area contributed by atoms with Crippen LogP contribution in [0.4, 0.5) is 0 Å². The molecular weight excluding hydrogens is 230 g/mol. The van der Waals surface area contributed by atoms with Crippen molar-refractivity contribution in [3.63, 3.8) is 0 Å². The zero-order chi connectivity index (χ0) is 13.1. The summed E-state index contributed by atoms with van der Waals surface area (Å²) >= 11 is 0. The molecule has 1 aromatic rings. The molecule has 5 nitrogen and oxygen atoms in total. The summed E-state index contributed by atoms with van der Waals surface area (Å²) in [5, 5.41) is 3.83. The number of rotatable bonds is 5. The van der Waals surface area contributed by atoms with E-state index in [1.54, 1.807) is 0 Å². The first-order chi connectivity index (χ1) is 8.54. The molecule has 0 saturated carbocycles. The second-order valence-corrected chi connectivity index (χ2v) is 5.43. The normalized spacial score (nSPS) is 20.8. The smallest absolute Gasteiger partial charge is 0.226 e. The highest BCUT2D eigenvalue weighted by Gasteiger charge is 2.26. The van der Waals surface area contributed by atoms with Crippen molar-refractivity contribution in [2.24, 2.45) is 5.92 Å². The second-order valence-electron chi connectivity index (χ2n) is 5.43. The molecule has 0 N–H and O–H groups in total. The maximum atomic E-state index is 11.0. The van der Waals surface area contributed by atoms with E-state index >= 15 is 0 Å². The Morgan fingerprint density at radius 3 is 2.94 bits per heavy atom. The molecule has 0 amide bonds. The number of carbonyl (C=O) groups is 1. The molecular formula is C13H21N3O2. The Morgan fingerprint density at radius 1 is 1.56 bits per heavy atom. The van der Waals surface area contributed by atoms with Gasteiger partial charge in [0.1, 0.15) is 5.78 Å². The summed E-state index contributed by atoms with van der Waals surface area (Å²) in [5.74, 6) is 1.84. The zero-order valence-electron chi connectivity index (χ0n) is 11.3. The molecule has 2 rings (SSSR count). The van der Waals surface area contributed by atoms with E-state index in [9.17, 15) is 4.79 Å². The maximum Gasteiger partial charge on any atom is 0.226 e. The first-order valence-electron chi connectivity index (χ1n) is 6.59. The summed E-state index contributed by atoms with van der Waals surface area (Å²) < 4.78 is 5.19. The SMILES string of the molecule is CC(=O)Cc1noc(CC2CCN(C(C)C)C2)n1. The molecule has 0 aromatic carbocycles. The van der Waals surface area contributed by atoms with E-state index in [0.717, 1.165) is 19.5 Å². The number of hydrogen-bond donors (Lipinski definition) is 0. The maximum absolute atomic E-state index is 11.0. The van der Waals surface area contributed by atoms with Crippen molar-refractivity contribution in [3.05, 3.63) is 11.7 Å². The molecule has 5 heteroatoms. The quantitative estimate of drug-likeness (QED) is 0.793. The number of ketones is 1. The van der Waals surface area contributed by atoms with Crippen molar-refractivity contribution in [3.8, 4) is 0 Å². The summed E-state index contributed by atoms with van der Waals surface area (Å²) in [6, 6.07) is 0.603. The van der Waals surface area contributed by atoms with Gasteiger partial charge in [-0.05, 0) is 39.7 Å². The van der Waals surface area contributed by atoms with Crippen LogP contribution >= 0.6 is 0 Å². The Morgan fingerprint density at radius 2 is 2.33 bits per heavy atom. The topological polar surface area (TPSA) is 59.2 Å². The summed E-state index contributed by atoms with van der Waals surface area (Å²) in [5.41, 5.74) is 0. The van der Waals surface area contributed by atoms with Crippen LogP contribution in [0.25, 0.3) is 0 Å². The number of carbonyl (C=O) groups excluding carboxylic acids is 1. The third-order valence-electron chi connectivity index (χ3n) is 3.43. The van der Waals surface area contributed by atoms with E-state index in [1.165, 1.54) is 13.3 Å². The zero-order valence-corrected chi connectivity index (χ0v) is 11.3. The van der Waals surface area contributed by atoms with Crippen LogP contribution in [-0.4, -0.2) is 40.0 Å². The van der Waals surface area contributed by atoms with Gasteiger partial charge in [0.15, 0.2) is 5.82 Å². The number of nitrogens with zero attached hydrogens (tertiary/aromatic N) is 3. The standard InChI is InChI=1S/C13H21N3O2/c1-9(2)16-5-4-11(8-16)7-13-14-12(15-18-13)6-10(3)17/h9,11H,4-8H2,1-3H3. The molecule has 1 fully saturated rings. The van der Waals surface area contributed by atoms with Crippen molar-refractivity contribution < 1.29 is 9.32 Å². The molecule has 1 aromatic heterocycles. The van der Waals surface area contributed by atoms with Gasteiger partial charge in [0.25, 0.3) is 0 Å². The van der Waals surface area contributed by atoms with Gasteiger partial charge in [-0.15, -0.1) is 0 Å². The van der Waals surface area contributed by atoms with E-state index in [4.69, 9.17) is 4.52 Å². The van der Waals surface area contributed by atoms with E-state index in [1.807, 2.05) is 0 Å². The van der Waals surface area contributed by atoms with Crippen LogP contribution in [0, 0.1) is 5.92 Å². The Balaban J connectivity index is 1.87. The highest BCUT2D eigenvalue weighted by Crippen LogP contribution is 2.21. The number of aromatic nitrogens is 2. The largest absolute Gasteiger partial charge is 0.339 e. The van der Waals surface area contributed by atoms with E-state index in [2.05, 4.69) is 28.9 Å². The van der Waals surface area contributed by atoms with E-state index in [-0.39, 0.29) is 12.2 Å². The summed E-state index contributed by atoms with van der Waals surface area (Å²) in [6.07, 6.45) is 2.28. The predicted octanol–water partition coefficient (Wildman–Crippen LogP) is 1.47. The molecule has 1 saturated heterocycles. The van der Waals surface area contributed by atoms with Gasteiger partial charge >= 0.3 is 0 Å². The molecule has 1 atom stereocenters. The van der Waals surface area contributed by atoms with Crippen LogP contribution in [0.2, 0.25) is 0 Å². The molecule has 0 aliphatic carbocycles. The Hall–Kier alpha value is -1.23. The van der Waals surface area contributed by atoms with Gasteiger partial charge in [-0.1, -0.05) is 5.16 Å². The fraction of sp³-hybridized carbons (Fsp3) is 0.769. The Kier molecular flexibility index (Phi) is 4.11. The lowest BCUT2D eigenvalue weighted by molar-refractivity contribution is -0.116. The highest BCUT2D eigenvalue weighted by atomic mass is 16.5. The second kappa shape index (κ2) is 5.61. The van der Waals surface area contributed by atoms with Crippen molar-refractivity contribution in [1.29, 1.82) is 0 Å². The molecule has 1 aliphatic rings. The summed E-state index contributed by atoms with van der Waals surface area (Å²) in [4.78, 5) is 17.7. The molecule has 1 aliphatic heterocycles. The van der Waals surface area contributed by atoms with Crippen molar-refractivity contribution in [1.82, 2.24) is 15.0 Å². The molecule has 0 radical (unpaired) electrons. The molecule has 0 bridgehead atoms. The van der Waals surface area contributed by atoms with Gasteiger partial charge in [-0.3, -0.25) is 4.79 Å². The molecule has 18 heavy (non-hydrogen) atoms. The van der Waals surface area contributed by atoms with Crippen LogP contribution in [-0.2, 0) is 17.6 Å². The minimum Gasteiger partial charge on any atom is -0.339 e. The summed E-state index contributed by atoms with van der Waals surface area (Å²) in [6.45, 7) is 8.23. The first-order valence-corrected chi connectivity index (χ1v) is 6.59. The van der Waals surface area contributed by atoms with Gasteiger partial charge in [0.2, 0.25) is 5.89 Å². The van der Waals surface area contributed by atoms with Crippen LogP contribution in [0.3, 0.4) is 0 Å². The van der Waals surface area contributed by atoms with Crippen LogP contribution in [0.1, 0.15) is 38.9 Å². The minimum atomic E-state index is 0.0641. The molecule has 2 heterocycles. The number of Topliss-reactive ketones (excluding diaryl/α,β-unsaturated/α-hetero) is 1. The van der Waals surface area contributed by atoms with Gasteiger partial charge in [0, 0.05) is 19.0 Å². The summed E-state index contributed by atoms with van der Waals surface area (Å²) in [7, 11) is 0. The highest BCUT2D eigenvalue weighted by molar-refractivity contribution is 5.77. The number of hydrogen-bond acceptors (Lipinski definition) is 5. The third kappa shape index (κ3) is 3.38. The first kappa shape index (κ1) is 13.2. The van der Waals surface area contributed by atoms with Crippen molar-refractivity contribution in [2.45, 2.75) is 46.1 Å². The fourth-order valence-corrected chi connectivity index (χ4v) is 2.41. The van der Waals surface area contributed by atoms with E-state index in [0.29, 0.717) is 23.7 Å². The third-order valence-corrected chi connectivity index (χ3v) is 3.43. The Bertz CT molecular complexity index is 414.